The number of anilines is 1. The van der Waals surface area contributed by atoms with Crippen molar-refractivity contribution in [3.8, 4) is 5.75 Å². The standard InChI is InChI=1S/C18H30N2O/c1-5-10-20-11-6-7-16(13-20)15(3)19-18-9-8-17(21-4)12-14(18)2/h8-9,12,15-16,19H,5-7,10-11,13H2,1-4H3. The molecule has 1 saturated heterocycles. The van der Waals surface area contributed by atoms with Crippen LogP contribution in [-0.4, -0.2) is 37.7 Å². The van der Waals surface area contributed by atoms with Gasteiger partial charge >= 0.3 is 0 Å². The molecule has 1 aromatic carbocycles. The van der Waals surface area contributed by atoms with E-state index in [-0.39, 0.29) is 0 Å². The number of benzene rings is 1. The summed E-state index contributed by atoms with van der Waals surface area (Å²) in [6.07, 6.45) is 3.92. The lowest BCUT2D eigenvalue weighted by atomic mass is 9.91. The molecule has 1 fully saturated rings. The maximum absolute atomic E-state index is 5.28. The van der Waals surface area contributed by atoms with Crippen molar-refractivity contribution >= 4 is 5.69 Å². The zero-order chi connectivity index (χ0) is 15.2. The van der Waals surface area contributed by atoms with Crippen molar-refractivity contribution in [2.45, 2.75) is 46.1 Å². The Morgan fingerprint density at radius 2 is 2.24 bits per heavy atom. The Hall–Kier alpha value is -1.22. The lowest BCUT2D eigenvalue weighted by Gasteiger charge is -2.36. The van der Waals surface area contributed by atoms with Crippen LogP contribution in [0.2, 0.25) is 0 Å². The van der Waals surface area contributed by atoms with Gasteiger partial charge in [0.1, 0.15) is 5.75 Å². The first-order valence-corrected chi connectivity index (χ1v) is 8.27. The Labute approximate surface area is 129 Å². The molecular weight excluding hydrogens is 260 g/mol. The number of hydrogen-bond acceptors (Lipinski definition) is 3. The summed E-state index contributed by atoms with van der Waals surface area (Å²) in [7, 11) is 1.72. The molecule has 0 radical (unpaired) electrons. The molecule has 3 nitrogen and oxygen atoms in total. The van der Waals surface area contributed by atoms with Crippen molar-refractivity contribution < 1.29 is 4.74 Å². The molecule has 3 heteroatoms. The fraction of sp³-hybridized carbons (Fsp3) is 0.667. The number of nitrogens with one attached hydrogen (secondary N) is 1. The fourth-order valence-corrected chi connectivity index (χ4v) is 3.31. The maximum Gasteiger partial charge on any atom is 0.119 e. The molecule has 2 atom stereocenters. The monoisotopic (exact) mass is 290 g/mol. The number of methoxy groups -OCH3 is 1. The van der Waals surface area contributed by atoms with Crippen molar-refractivity contribution in [1.29, 1.82) is 0 Å². The second-order valence-electron chi connectivity index (χ2n) is 6.32. The van der Waals surface area contributed by atoms with Gasteiger partial charge in [-0.15, -0.1) is 0 Å². The molecule has 2 rings (SSSR count). The van der Waals surface area contributed by atoms with E-state index in [0.717, 1.165) is 11.7 Å². The molecule has 21 heavy (non-hydrogen) atoms. The van der Waals surface area contributed by atoms with Crippen molar-refractivity contribution in [3.05, 3.63) is 23.8 Å². The van der Waals surface area contributed by atoms with Gasteiger partial charge in [-0.05, 0) is 75.9 Å². The van der Waals surface area contributed by atoms with Crippen molar-refractivity contribution in [3.63, 3.8) is 0 Å². The summed E-state index contributed by atoms with van der Waals surface area (Å²) in [6.45, 7) is 10.5. The normalized spacial score (nSPS) is 21.0. The van der Waals surface area contributed by atoms with E-state index in [1.54, 1.807) is 7.11 Å². The zero-order valence-corrected chi connectivity index (χ0v) is 14.0. The molecule has 2 unspecified atom stereocenters. The van der Waals surface area contributed by atoms with Gasteiger partial charge in [-0.2, -0.15) is 0 Å². The first kappa shape index (κ1) is 16.2. The van der Waals surface area contributed by atoms with Crippen LogP contribution in [0.3, 0.4) is 0 Å². The van der Waals surface area contributed by atoms with Gasteiger partial charge in [-0.1, -0.05) is 6.92 Å². The predicted molar refractivity (Wildman–Crippen MR) is 90.3 cm³/mol. The summed E-state index contributed by atoms with van der Waals surface area (Å²) in [4.78, 5) is 2.62. The highest BCUT2D eigenvalue weighted by Gasteiger charge is 2.24. The minimum atomic E-state index is 0.511. The maximum atomic E-state index is 5.28. The predicted octanol–water partition coefficient (Wildman–Crippen LogP) is 3.93. The number of aryl methyl sites for hydroxylation is 1. The Kier molecular flexibility index (Phi) is 5.92. The largest absolute Gasteiger partial charge is 0.497 e. The number of rotatable bonds is 6. The van der Waals surface area contributed by atoms with Crippen LogP contribution in [0.1, 0.15) is 38.7 Å². The van der Waals surface area contributed by atoms with E-state index in [0.29, 0.717) is 6.04 Å². The van der Waals surface area contributed by atoms with Crippen LogP contribution >= 0.6 is 0 Å². The smallest absolute Gasteiger partial charge is 0.119 e. The Morgan fingerprint density at radius 3 is 2.90 bits per heavy atom. The molecule has 0 bridgehead atoms. The molecule has 1 aromatic rings. The lowest BCUT2D eigenvalue weighted by molar-refractivity contribution is 0.165. The van der Waals surface area contributed by atoms with Gasteiger partial charge in [-0.3, -0.25) is 0 Å². The highest BCUT2D eigenvalue weighted by molar-refractivity contribution is 5.54. The van der Waals surface area contributed by atoms with E-state index in [1.165, 1.54) is 50.1 Å². The molecule has 0 amide bonds. The number of likely N-dealkylation sites (tertiary alicyclic amines) is 1. The topological polar surface area (TPSA) is 24.5 Å². The first-order valence-electron chi connectivity index (χ1n) is 8.27. The summed E-state index contributed by atoms with van der Waals surface area (Å²) in [5, 5.41) is 3.71. The van der Waals surface area contributed by atoms with E-state index < -0.39 is 0 Å². The van der Waals surface area contributed by atoms with Gasteiger partial charge in [0, 0.05) is 18.3 Å². The second-order valence-corrected chi connectivity index (χ2v) is 6.32. The van der Waals surface area contributed by atoms with Gasteiger partial charge in [-0.25, -0.2) is 0 Å². The molecule has 1 aliphatic heterocycles. The van der Waals surface area contributed by atoms with Gasteiger partial charge < -0.3 is 15.0 Å². The van der Waals surface area contributed by atoms with Crippen LogP contribution in [0.25, 0.3) is 0 Å². The summed E-state index contributed by atoms with van der Waals surface area (Å²) >= 11 is 0. The average molecular weight is 290 g/mol. The van der Waals surface area contributed by atoms with E-state index >= 15 is 0 Å². The van der Waals surface area contributed by atoms with Crippen LogP contribution in [-0.2, 0) is 0 Å². The Balaban J connectivity index is 1.95. The van der Waals surface area contributed by atoms with E-state index in [1.807, 2.05) is 6.07 Å². The van der Waals surface area contributed by atoms with Crippen molar-refractivity contribution in [2.75, 3.05) is 32.1 Å². The van der Waals surface area contributed by atoms with Crippen molar-refractivity contribution in [2.24, 2.45) is 5.92 Å². The molecule has 118 valence electrons. The molecule has 1 heterocycles. The number of hydrogen-bond donors (Lipinski definition) is 1. The third-order valence-electron chi connectivity index (χ3n) is 4.61. The quantitative estimate of drug-likeness (QED) is 0.859. The average Bonchev–Trinajstić information content (AvgIpc) is 2.50. The number of ether oxygens (including phenoxy) is 1. The summed E-state index contributed by atoms with van der Waals surface area (Å²) < 4.78 is 5.28. The molecule has 0 spiro atoms. The number of nitrogens with zero attached hydrogens (tertiary/aromatic N) is 1. The summed E-state index contributed by atoms with van der Waals surface area (Å²) in [5.41, 5.74) is 2.48. The third kappa shape index (κ3) is 4.37. The van der Waals surface area contributed by atoms with Gasteiger partial charge in [0.05, 0.1) is 7.11 Å². The zero-order valence-electron chi connectivity index (χ0n) is 14.0. The highest BCUT2D eigenvalue weighted by atomic mass is 16.5. The minimum absolute atomic E-state index is 0.511. The van der Waals surface area contributed by atoms with E-state index in [2.05, 4.69) is 43.1 Å². The van der Waals surface area contributed by atoms with Gasteiger partial charge in [0.15, 0.2) is 0 Å². The fourth-order valence-electron chi connectivity index (χ4n) is 3.31. The van der Waals surface area contributed by atoms with Crippen LogP contribution in [0.5, 0.6) is 5.75 Å². The minimum Gasteiger partial charge on any atom is -0.497 e. The van der Waals surface area contributed by atoms with Gasteiger partial charge in [0.2, 0.25) is 0 Å². The molecule has 1 N–H and O–H groups in total. The van der Waals surface area contributed by atoms with Crippen LogP contribution in [0.4, 0.5) is 5.69 Å². The highest BCUT2D eigenvalue weighted by Crippen LogP contribution is 2.26. The number of piperidine rings is 1. The molecule has 0 aromatic heterocycles. The summed E-state index contributed by atoms with van der Waals surface area (Å²) in [5.74, 6) is 1.67. The van der Waals surface area contributed by atoms with E-state index in [9.17, 15) is 0 Å². The SMILES string of the molecule is CCCN1CCCC(C(C)Nc2ccc(OC)cc2C)C1. The molecule has 0 aliphatic carbocycles. The third-order valence-corrected chi connectivity index (χ3v) is 4.61. The Bertz CT molecular complexity index is 445. The Morgan fingerprint density at radius 1 is 1.43 bits per heavy atom. The summed E-state index contributed by atoms with van der Waals surface area (Å²) in [6, 6.07) is 6.78. The lowest BCUT2D eigenvalue weighted by Crippen LogP contribution is -2.42. The van der Waals surface area contributed by atoms with Crippen LogP contribution in [0, 0.1) is 12.8 Å². The van der Waals surface area contributed by atoms with Gasteiger partial charge in [0.25, 0.3) is 0 Å². The molecule has 0 saturated carbocycles. The van der Waals surface area contributed by atoms with Crippen molar-refractivity contribution in [1.82, 2.24) is 4.90 Å². The molecular formula is C18H30N2O. The first-order chi connectivity index (χ1) is 10.1. The van der Waals surface area contributed by atoms with Crippen LogP contribution < -0.4 is 10.1 Å². The molecule has 1 aliphatic rings. The second kappa shape index (κ2) is 7.69. The van der Waals surface area contributed by atoms with E-state index in [4.69, 9.17) is 4.74 Å². The van der Waals surface area contributed by atoms with Crippen LogP contribution in [0.15, 0.2) is 18.2 Å².